The van der Waals surface area contributed by atoms with Gasteiger partial charge in [-0.1, -0.05) is 6.92 Å². The molecule has 2 nitrogen and oxygen atoms in total. The third-order valence-corrected chi connectivity index (χ3v) is 2.16. The third kappa shape index (κ3) is 1.66. The van der Waals surface area contributed by atoms with Gasteiger partial charge >= 0.3 is 0 Å². The topological polar surface area (TPSA) is 38.0 Å². The summed E-state index contributed by atoms with van der Waals surface area (Å²) in [5.41, 5.74) is 5.82. The Morgan fingerprint density at radius 3 is 2.67 bits per heavy atom. The standard InChI is InChI=1S/C7H16N2/c1-5-3-6(5)7(8)4-9-2/h5-7,9H,3-4,8H2,1-2H3. The van der Waals surface area contributed by atoms with E-state index in [0.29, 0.717) is 6.04 Å². The van der Waals surface area contributed by atoms with Crippen molar-refractivity contribution in [2.75, 3.05) is 13.6 Å². The van der Waals surface area contributed by atoms with Crippen molar-refractivity contribution in [3.8, 4) is 0 Å². The molecule has 0 bridgehead atoms. The molecule has 0 radical (unpaired) electrons. The fraction of sp³-hybridized carbons (Fsp3) is 1.00. The highest BCUT2D eigenvalue weighted by Crippen LogP contribution is 2.39. The SMILES string of the molecule is CNCC(N)C1CC1C. The van der Waals surface area contributed by atoms with Crippen molar-refractivity contribution in [3.05, 3.63) is 0 Å². The van der Waals surface area contributed by atoms with E-state index in [1.165, 1.54) is 6.42 Å². The zero-order valence-electron chi connectivity index (χ0n) is 6.22. The Hall–Kier alpha value is -0.0800. The van der Waals surface area contributed by atoms with Crippen LogP contribution in [0.3, 0.4) is 0 Å². The summed E-state index contributed by atoms with van der Waals surface area (Å²) >= 11 is 0. The van der Waals surface area contributed by atoms with E-state index in [1.807, 2.05) is 7.05 Å². The molecule has 0 aromatic rings. The predicted octanol–water partition coefficient (Wildman–Crippen LogP) is 0.189. The highest BCUT2D eigenvalue weighted by atomic mass is 14.9. The van der Waals surface area contributed by atoms with Crippen LogP contribution in [0.25, 0.3) is 0 Å². The van der Waals surface area contributed by atoms with Crippen molar-refractivity contribution in [3.63, 3.8) is 0 Å². The molecule has 9 heavy (non-hydrogen) atoms. The van der Waals surface area contributed by atoms with Gasteiger partial charge < -0.3 is 11.1 Å². The zero-order chi connectivity index (χ0) is 6.85. The molecule has 54 valence electrons. The lowest BCUT2D eigenvalue weighted by atomic mass is 10.2. The monoisotopic (exact) mass is 128 g/mol. The summed E-state index contributed by atoms with van der Waals surface area (Å²) in [6, 6.07) is 0.394. The van der Waals surface area contributed by atoms with Gasteiger partial charge in [0.15, 0.2) is 0 Å². The molecule has 2 heteroatoms. The van der Waals surface area contributed by atoms with Crippen molar-refractivity contribution >= 4 is 0 Å². The molecule has 3 N–H and O–H groups in total. The van der Waals surface area contributed by atoms with Gasteiger partial charge in [-0.3, -0.25) is 0 Å². The molecule has 1 aliphatic carbocycles. The number of nitrogens with two attached hydrogens (primary N) is 1. The first-order valence-corrected chi connectivity index (χ1v) is 3.66. The van der Waals surface area contributed by atoms with Crippen molar-refractivity contribution in [1.29, 1.82) is 0 Å². The van der Waals surface area contributed by atoms with Gasteiger partial charge in [0.05, 0.1) is 0 Å². The molecule has 3 atom stereocenters. The Labute approximate surface area is 56.8 Å². The van der Waals surface area contributed by atoms with Gasteiger partial charge in [0.25, 0.3) is 0 Å². The first-order valence-electron chi connectivity index (χ1n) is 3.66. The molecule has 1 rings (SSSR count). The van der Waals surface area contributed by atoms with Crippen LogP contribution >= 0.6 is 0 Å². The molecule has 0 amide bonds. The maximum Gasteiger partial charge on any atom is 0.0196 e. The van der Waals surface area contributed by atoms with E-state index >= 15 is 0 Å². The minimum Gasteiger partial charge on any atom is -0.326 e. The highest BCUT2D eigenvalue weighted by molar-refractivity contribution is 4.91. The minimum atomic E-state index is 0.394. The van der Waals surface area contributed by atoms with Crippen molar-refractivity contribution in [1.82, 2.24) is 5.32 Å². The van der Waals surface area contributed by atoms with Gasteiger partial charge in [0, 0.05) is 12.6 Å². The maximum absolute atomic E-state index is 5.82. The van der Waals surface area contributed by atoms with E-state index in [9.17, 15) is 0 Å². The molecule has 0 spiro atoms. The largest absolute Gasteiger partial charge is 0.326 e. The van der Waals surface area contributed by atoms with Crippen LogP contribution in [0.2, 0.25) is 0 Å². The molecule has 1 fully saturated rings. The summed E-state index contributed by atoms with van der Waals surface area (Å²) in [6.45, 7) is 3.23. The quantitative estimate of drug-likeness (QED) is 0.569. The fourth-order valence-electron chi connectivity index (χ4n) is 1.33. The summed E-state index contributed by atoms with van der Waals surface area (Å²) in [5, 5.41) is 3.08. The number of rotatable bonds is 3. The summed E-state index contributed by atoms with van der Waals surface area (Å²) < 4.78 is 0. The van der Waals surface area contributed by atoms with Gasteiger partial charge in [-0.2, -0.15) is 0 Å². The Morgan fingerprint density at radius 1 is 1.78 bits per heavy atom. The smallest absolute Gasteiger partial charge is 0.0196 e. The number of nitrogens with one attached hydrogen (secondary N) is 1. The van der Waals surface area contributed by atoms with Crippen LogP contribution in [0.5, 0.6) is 0 Å². The maximum atomic E-state index is 5.82. The molecule has 0 aromatic heterocycles. The number of likely N-dealkylation sites (N-methyl/N-ethyl adjacent to an activating group) is 1. The van der Waals surface area contributed by atoms with Crippen molar-refractivity contribution in [2.24, 2.45) is 17.6 Å². The van der Waals surface area contributed by atoms with E-state index in [1.54, 1.807) is 0 Å². The highest BCUT2D eigenvalue weighted by Gasteiger charge is 2.36. The van der Waals surface area contributed by atoms with Crippen LogP contribution in [0.4, 0.5) is 0 Å². The summed E-state index contributed by atoms with van der Waals surface area (Å²) in [6.07, 6.45) is 1.34. The van der Waals surface area contributed by atoms with E-state index in [4.69, 9.17) is 5.73 Å². The second-order valence-electron chi connectivity index (χ2n) is 3.10. The van der Waals surface area contributed by atoms with E-state index in [0.717, 1.165) is 18.4 Å². The Balaban J connectivity index is 2.11. The normalized spacial score (nSPS) is 36.3. The number of hydrogen-bond donors (Lipinski definition) is 2. The van der Waals surface area contributed by atoms with Crippen LogP contribution < -0.4 is 11.1 Å². The second-order valence-corrected chi connectivity index (χ2v) is 3.10. The van der Waals surface area contributed by atoms with E-state index < -0.39 is 0 Å². The summed E-state index contributed by atoms with van der Waals surface area (Å²) in [4.78, 5) is 0. The fourth-order valence-corrected chi connectivity index (χ4v) is 1.33. The summed E-state index contributed by atoms with van der Waals surface area (Å²) in [5.74, 6) is 1.69. The molecule has 1 aliphatic rings. The van der Waals surface area contributed by atoms with Crippen LogP contribution in [0, 0.1) is 11.8 Å². The van der Waals surface area contributed by atoms with Crippen molar-refractivity contribution in [2.45, 2.75) is 19.4 Å². The molecule has 1 saturated carbocycles. The van der Waals surface area contributed by atoms with Gasteiger partial charge in [0.2, 0.25) is 0 Å². The molecular weight excluding hydrogens is 112 g/mol. The lowest BCUT2D eigenvalue weighted by Crippen LogP contribution is -2.34. The van der Waals surface area contributed by atoms with Crippen LogP contribution in [0.1, 0.15) is 13.3 Å². The molecule has 0 aromatic carbocycles. The van der Waals surface area contributed by atoms with Crippen LogP contribution in [-0.4, -0.2) is 19.6 Å². The first kappa shape index (κ1) is 7.03. The lowest BCUT2D eigenvalue weighted by Gasteiger charge is -2.08. The Bertz CT molecular complexity index is 92.9. The van der Waals surface area contributed by atoms with Crippen molar-refractivity contribution < 1.29 is 0 Å². The Kier molecular flexibility index (Phi) is 2.09. The van der Waals surface area contributed by atoms with Gasteiger partial charge in [-0.15, -0.1) is 0 Å². The third-order valence-electron chi connectivity index (χ3n) is 2.16. The number of hydrogen-bond acceptors (Lipinski definition) is 2. The van der Waals surface area contributed by atoms with Crippen LogP contribution in [0.15, 0.2) is 0 Å². The molecule has 0 heterocycles. The first-order chi connectivity index (χ1) is 4.25. The average molecular weight is 128 g/mol. The molecular formula is C7H16N2. The van der Waals surface area contributed by atoms with E-state index in [-0.39, 0.29) is 0 Å². The summed E-state index contributed by atoms with van der Waals surface area (Å²) in [7, 11) is 1.95. The van der Waals surface area contributed by atoms with E-state index in [2.05, 4.69) is 12.2 Å². The van der Waals surface area contributed by atoms with Gasteiger partial charge in [-0.25, -0.2) is 0 Å². The molecule has 0 aliphatic heterocycles. The lowest BCUT2D eigenvalue weighted by molar-refractivity contribution is 0.534. The average Bonchev–Trinajstić information content (AvgIpc) is 2.47. The zero-order valence-corrected chi connectivity index (χ0v) is 6.22. The Morgan fingerprint density at radius 2 is 2.33 bits per heavy atom. The minimum absolute atomic E-state index is 0.394. The molecule has 0 saturated heterocycles. The predicted molar refractivity (Wildman–Crippen MR) is 39.2 cm³/mol. The molecule has 3 unspecified atom stereocenters. The van der Waals surface area contributed by atoms with Gasteiger partial charge in [-0.05, 0) is 25.3 Å². The van der Waals surface area contributed by atoms with Gasteiger partial charge in [0.1, 0.15) is 0 Å². The van der Waals surface area contributed by atoms with Crippen LogP contribution in [-0.2, 0) is 0 Å². The second kappa shape index (κ2) is 2.67.